The molecule has 1 aromatic carbocycles. The molecule has 1 saturated carbocycles. The van der Waals surface area contributed by atoms with Crippen LogP contribution in [-0.2, 0) is 42.3 Å². The van der Waals surface area contributed by atoms with Gasteiger partial charge in [-0.25, -0.2) is 13.8 Å². The molecule has 2 aliphatic carbocycles. The number of ether oxygens (including phenoxy) is 1. The largest absolute Gasteiger partial charge is 0.496 e. The van der Waals surface area contributed by atoms with Gasteiger partial charge in [-0.05, 0) is 93.0 Å². The van der Waals surface area contributed by atoms with Crippen molar-refractivity contribution in [3.8, 4) is 5.75 Å². The lowest BCUT2D eigenvalue weighted by molar-refractivity contribution is -0.137. The van der Waals surface area contributed by atoms with Crippen molar-refractivity contribution in [3.05, 3.63) is 74.5 Å². The summed E-state index contributed by atoms with van der Waals surface area (Å²) < 4.78 is 33.1. The van der Waals surface area contributed by atoms with Crippen molar-refractivity contribution in [3.63, 3.8) is 0 Å². The maximum Gasteiger partial charge on any atom is 0.303 e. The van der Waals surface area contributed by atoms with E-state index in [-0.39, 0.29) is 6.42 Å². The number of fused-ring (bicyclic) bond motifs is 1. The lowest BCUT2D eigenvalue weighted by Gasteiger charge is -2.22. The molecule has 1 atom stereocenters. The predicted octanol–water partition coefficient (Wildman–Crippen LogP) is 6.70. The van der Waals surface area contributed by atoms with Crippen LogP contribution in [-0.4, -0.2) is 34.6 Å². The zero-order valence-electron chi connectivity index (χ0n) is 21.7. The number of aromatic nitrogens is 2. The number of carbonyl (C=O) groups is 1. The molecule has 3 aromatic rings. The smallest absolute Gasteiger partial charge is 0.303 e. The fraction of sp³-hybridized carbons (Fsp3) is 0.500. The molecule has 0 spiro atoms. The molecular weight excluding hydrogens is 506 g/mol. The fourth-order valence-corrected chi connectivity index (χ4v) is 6.48. The molecule has 202 valence electrons. The minimum Gasteiger partial charge on any atom is -0.496 e. The number of rotatable bonds is 12. The van der Waals surface area contributed by atoms with Gasteiger partial charge in [0.05, 0.1) is 29.6 Å². The molecule has 1 fully saturated rings. The lowest BCUT2D eigenvalue weighted by Crippen LogP contribution is -2.19. The Morgan fingerprint density at radius 3 is 2.66 bits per heavy atom. The quantitative estimate of drug-likeness (QED) is 0.277. The molecule has 5 nitrogen and oxygen atoms in total. The third kappa shape index (κ3) is 5.90. The van der Waals surface area contributed by atoms with Gasteiger partial charge >= 0.3 is 5.97 Å². The average molecular weight is 541 g/mol. The Morgan fingerprint density at radius 2 is 1.92 bits per heavy atom. The van der Waals surface area contributed by atoms with Gasteiger partial charge in [0.1, 0.15) is 5.75 Å². The summed E-state index contributed by atoms with van der Waals surface area (Å²) in [5, 5.41) is 12.6. The van der Waals surface area contributed by atoms with Crippen LogP contribution in [0.3, 0.4) is 0 Å². The number of thiazole rings is 1. The van der Waals surface area contributed by atoms with E-state index >= 15 is 0 Å². The highest BCUT2D eigenvalue weighted by Crippen LogP contribution is 2.53. The highest BCUT2D eigenvalue weighted by atomic mass is 32.1. The standard InChI is InChI=1S/C30H34F2N2O3S/c1-37-26-12-10-21(30(13-14-30)29(31)32)17-24(26)20(16-28(35)36)15-23-18-38-27(34-23)8-4-6-22-11-9-19-5-2-3-7-25(19)33-22/h9-12,17-18,20,29H,2-8,13-16H2,1H3,(H,35,36). The number of carboxylic acid groups (broad SMARTS) is 1. The zero-order valence-corrected chi connectivity index (χ0v) is 22.5. The van der Waals surface area contributed by atoms with Crippen molar-refractivity contribution in [1.29, 1.82) is 0 Å². The molecule has 0 saturated heterocycles. The molecule has 8 heteroatoms. The van der Waals surface area contributed by atoms with Crippen LogP contribution in [0.5, 0.6) is 5.75 Å². The molecule has 2 heterocycles. The Hall–Kier alpha value is -2.87. The maximum absolute atomic E-state index is 13.8. The van der Waals surface area contributed by atoms with E-state index in [2.05, 4.69) is 12.1 Å². The van der Waals surface area contributed by atoms with E-state index < -0.39 is 23.7 Å². The molecule has 1 unspecified atom stereocenters. The third-order valence-electron chi connectivity index (χ3n) is 7.99. The SMILES string of the molecule is COc1ccc(C2(C(F)F)CC2)cc1C(CC(=O)O)Cc1csc(CCCc2ccc3c(n2)CCCC3)n1. The second-order valence-corrected chi connectivity index (χ2v) is 11.6. The monoisotopic (exact) mass is 540 g/mol. The highest BCUT2D eigenvalue weighted by molar-refractivity contribution is 7.09. The normalized spacial score (nSPS) is 16.7. The summed E-state index contributed by atoms with van der Waals surface area (Å²) in [6, 6.07) is 9.51. The van der Waals surface area contributed by atoms with Gasteiger partial charge in [-0.3, -0.25) is 9.78 Å². The number of pyridine rings is 1. The van der Waals surface area contributed by atoms with Crippen LogP contribution >= 0.6 is 11.3 Å². The lowest BCUT2D eigenvalue weighted by atomic mass is 9.86. The number of hydrogen-bond donors (Lipinski definition) is 1. The van der Waals surface area contributed by atoms with Crippen molar-refractivity contribution in [2.45, 2.75) is 88.4 Å². The Labute approximate surface area is 226 Å². The summed E-state index contributed by atoms with van der Waals surface area (Å²) in [6.45, 7) is 0. The summed E-state index contributed by atoms with van der Waals surface area (Å²) >= 11 is 1.59. The van der Waals surface area contributed by atoms with Crippen molar-refractivity contribution in [1.82, 2.24) is 9.97 Å². The van der Waals surface area contributed by atoms with Crippen LogP contribution in [0, 0.1) is 0 Å². The maximum atomic E-state index is 13.8. The number of methoxy groups -OCH3 is 1. The van der Waals surface area contributed by atoms with Gasteiger partial charge in [0.2, 0.25) is 6.43 Å². The number of benzene rings is 1. The van der Waals surface area contributed by atoms with E-state index in [1.54, 1.807) is 29.5 Å². The Morgan fingerprint density at radius 1 is 1.11 bits per heavy atom. The molecule has 0 aliphatic heterocycles. The molecule has 0 amide bonds. The highest BCUT2D eigenvalue weighted by Gasteiger charge is 2.52. The number of aryl methyl sites for hydroxylation is 4. The topological polar surface area (TPSA) is 72.3 Å². The summed E-state index contributed by atoms with van der Waals surface area (Å²) in [6.07, 6.45) is 6.09. The van der Waals surface area contributed by atoms with Crippen molar-refractivity contribution >= 4 is 17.3 Å². The van der Waals surface area contributed by atoms with Crippen LogP contribution in [0.15, 0.2) is 35.7 Å². The van der Waals surface area contributed by atoms with Crippen LogP contribution in [0.4, 0.5) is 8.78 Å². The predicted molar refractivity (Wildman–Crippen MR) is 144 cm³/mol. The van der Waals surface area contributed by atoms with Crippen molar-refractivity contribution in [2.24, 2.45) is 0 Å². The Kier molecular flexibility index (Phi) is 8.07. The van der Waals surface area contributed by atoms with Gasteiger partial charge in [-0.15, -0.1) is 11.3 Å². The van der Waals surface area contributed by atoms with Crippen molar-refractivity contribution < 1.29 is 23.4 Å². The second kappa shape index (κ2) is 11.5. The molecule has 38 heavy (non-hydrogen) atoms. The van der Waals surface area contributed by atoms with Gasteiger partial charge in [0, 0.05) is 22.7 Å². The zero-order chi connectivity index (χ0) is 26.7. The minimum absolute atomic E-state index is 0.127. The van der Waals surface area contributed by atoms with Crippen LogP contribution in [0.2, 0.25) is 0 Å². The molecule has 1 N–H and O–H groups in total. The van der Waals surface area contributed by atoms with Gasteiger partial charge in [-0.2, -0.15) is 0 Å². The Bertz CT molecular complexity index is 1290. The van der Waals surface area contributed by atoms with Gasteiger partial charge in [0.25, 0.3) is 0 Å². The first-order valence-corrected chi connectivity index (χ1v) is 14.4. The van der Waals surface area contributed by atoms with Crippen LogP contribution in [0.1, 0.15) is 83.2 Å². The van der Waals surface area contributed by atoms with E-state index in [0.29, 0.717) is 36.1 Å². The van der Waals surface area contributed by atoms with Gasteiger partial charge in [-0.1, -0.05) is 18.2 Å². The van der Waals surface area contributed by atoms with Gasteiger partial charge in [0.15, 0.2) is 0 Å². The molecule has 2 aliphatic rings. The summed E-state index contributed by atoms with van der Waals surface area (Å²) in [7, 11) is 1.52. The molecule has 2 aromatic heterocycles. The minimum atomic E-state index is -2.45. The number of alkyl halides is 2. The van der Waals surface area contributed by atoms with Gasteiger partial charge < -0.3 is 9.84 Å². The van der Waals surface area contributed by atoms with E-state index in [4.69, 9.17) is 14.7 Å². The average Bonchev–Trinajstić information content (AvgIpc) is 3.62. The molecule has 0 radical (unpaired) electrons. The second-order valence-electron chi connectivity index (χ2n) is 10.6. The number of carboxylic acids is 1. The van der Waals surface area contributed by atoms with E-state index in [1.165, 1.54) is 31.2 Å². The Balaban J connectivity index is 1.27. The summed E-state index contributed by atoms with van der Waals surface area (Å²) in [5.74, 6) is -0.839. The first kappa shape index (κ1) is 26.7. The number of halogens is 2. The van der Waals surface area contributed by atoms with Crippen molar-refractivity contribution in [2.75, 3.05) is 7.11 Å². The van der Waals surface area contributed by atoms with E-state index in [1.807, 2.05) is 5.38 Å². The molecule has 5 rings (SSSR count). The van der Waals surface area contributed by atoms with Crippen LogP contribution in [0.25, 0.3) is 0 Å². The number of nitrogens with zero attached hydrogens (tertiary/aromatic N) is 2. The number of aliphatic carboxylic acids is 1. The molecular formula is C30H34F2N2O3S. The molecule has 0 bridgehead atoms. The summed E-state index contributed by atoms with van der Waals surface area (Å²) in [5.41, 5.74) is 4.72. The van der Waals surface area contributed by atoms with E-state index in [0.717, 1.165) is 48.5 Å². The number of hydrogen-bond acceptors (Lipinski definition) is 5. The van der Waals surface area contributed by atoms with E-state index in [9.17, 15) is 18.7 Å². The first-order valence-electron chi connectivity index (χ1n) is 13.5. The summed E-state index contributed by atoms with van der Waals surface area (Å²) in [4.78, 5) is 21.4. The fourth-order valence-electron chi connectivity index (χ4n) is 5.63. The third-order valence-corrected chi connectivity index (χ3v) is 8.94. The first-order chi connectivity index (χ1) is 18.4. The van der Waals surface area contributed by atoms with Crippen LogP contribution < -0.4 is 4.74 Å².